The summed E-state index contributed by atoms with van der Waals surface area (Å²) in [5.41, 5.74) is 6.78. The normalized spacial score (nSPS) is 16.8. The Hall–Kier alpha value is -1.69. The van der Waals surface area contributed by atoms with Crippen molar-refractivity contribution in [1.82, 2.24) is 24.6 Å². The average molecular weight is 260 g/mol. The third-order valence-corrected chi connectivity index (χ3v) is 4.01. The Bertz CT molecular complexity index is 584. The van der Waals surface area contributed by atoms with Gasteiger partial charge in [0.15, 0.2) is 5.65 Å². The molecule has 1 aliphatic rings. The van der Waals surface area contributed by atoms with Crippen molar-refractivity contribution in [2.24, 2.45) is 7.05 Å². The highest BCUT2D eigenvalue weighted by atomic mass is 15.3. The van der Waals surface area contributed by atoms with Crippen LogP contribution in [0.15, 0.2) is 6.20 Å². The number of fused-ring (bicyclic) bond motifs is 1. The fourth-order valence-corrected chi connectivity index (χ4v) is 2.86. The van der Waals surface area contributed by atoms with Crippen LogP contribution in [0.5, 0.6) is 0 Å². The Kier molecular flexibility index (Phi) is 3.10. The maximum Gasteiger partial charge on any atom is 0.163 e. The van der Waals surface area contributed by atoms with Crippen molar-refractivity contribution >= 4 is 16.9 Å². The molecule has 0 amide bonds. The summed E-state index contributed by atoms with van der Waals surface area (Å²) in [6, 6.07) is 0.659. The van der Waals surface area contributed by atoms with E-state index in [0.29, 0.717) is 11.9 Å². The van der Waals surface area contributed by atoms with E-state index < -0.39 is 0 Å². The highest BCUT2D eigenvalue weighted by Gasteiger charge is 2.20. The van der Waals surface area contributed by atoms with Crippen LogP contribution in [-0.2, 0) is 13.6 Å². The van der Waals surface area contributed by atoms with Crippen molar-refractivity contribution in [2.75, 3.05) is 12.8 Å². The van der Waals surface area contributed by atoms with E-state index in [0.717, 1.165) is 23.4 Å². The van der Waals surface area contributed by atoms with Crippen LogP contribution in [-0.4, -0.2) is 37.7 Å². The van der Waals surface area contributed by atoms with Crippen molar-refractivity contribution in [3.05, 3.63) is 12.0 Å². The summed E-state index contributed by atoms with van der Waals surface area (Å²) in [6.07, 6.45) is 6.94. The van der Waals surface area contributed by atoms with Crippen molar-refractivity contribution in [1.29, 1.82) is 0 Å². The predicted molar refractivity (Wildman–Crippen MR) is 74.4 cm³/mol. The molecule has 6 nitrogen and oxygen atoms in total. The van der Waals surface area contributed by atoms with Gasteiger partial charge in [0.2, 0.25) is 0 Å². The largest absolute Gasteiger partial charge is 0.383 e. The monoisotopic (exact) mass is 260 g/mol. The van der Waals surface area contributed by atoms with Crippen molar-refractivity contribution in [3.8, 4) is 0 Å². The van der Waals surface area contributed by atoms with E-state index in [2.05, 4.69) is 27.0 Å². The lowest BCUT2D eigenvalue weighted by atomic mass is 10.2. The van der Waals surface area contributed by atoms with E-state index >= 15 is 0 Å². The molecule has 2 aromatic heterocycles. The average Bonchev–Trinajstić information content (AvgIpc) is 3.00. The lowest BCUT2D eigenvalue weighted by molar-refractivity contribution is 0.232. The van der Waals surface area contributed by atoms with Gasteiger partial charge in [-0.2, -0.15) is 5.10 Å². The van der Waals surface area contributed by atoms with Gasteiger partial charge in [0, 0.05) is 13.1 Å². The van der Waals surface area contributed by atoms with E-state index in [1.807, 2.05) is 7.05 Å². The number of nitrogen functional groups attached to an aromatic ring is 1. The van der Waals surface area contributed by atoms with Crippen molar-refractivity contribution < 1.29 is 0 Å². The van der Waals surface area contributed by atoms with Crippen molar-refractivity contribution in [2.45, 2.75) is 38.3 Å². The molecule has 0 unspecified atom stereocenters. The zero-order valence-corrected chi connectivity index (χ0v) is 11.5. The number of aryl methyl sites for hydroxylation is 1. The van der Waals surface area contributed by atoms with Crippen LogP contribution in [0.3, 0.4) is 0 Å². The molecule has 6 heteroatoms. The first kappa shape index (κ1) is 12.3. The molecule has 3 rings (SSSR count). The molecule has 2 aromatic rings. The first-order valence-corrected chi connectivity index (χ1v) is 6.79. The van der Waals surface area contributed by atoms with Gasteiger partial charge in [-0.3, -0.25) is 9.58 Å². The molecule has 0 bridgehead atoms. The molecule has 2 N–H and O–H groups in total. The fourth-order valence-electron chi connectivity index (χ4n) is 2.86. The zero-order valence-electron chi connectivity index (χ0n) is 11.5. The second kappa shape index (κ2) is 4.77. The molecule has 102 valence electrons. The molecule has 2 heterocycles. The van der Waals surface area contributed by atoms with Crippen LogP contribution in [0.1, 0.15) is 31.5 Å². The summed E-state index contributed by atoms with van der Waals surface area (Å²) in [4.78, 5) is 11.3. The number of rotatable bonds is 3. The fraction of sp³-hybridized carbons (Fsp3) is 0.615. The lowest BCUT2D eigenvalue weighted by Crippen LogP contribution is -2.29. The van der Waals surface area contributed by atoms with Gasteiger partial charge in [-0.05, 0) is 19.9 Å². The Morgan fingerprint density at radius 2 is 2.11 bits per heavy atom. The highest BCUT2D eigenvalue weighted by molar-refractivity contribution is 5.84. The van der Waals surface area contributed by atoms with Crippen LogP contribution in [0, 0.1) is 0 Å². The number of hydrogen-bond acceptors (Lipinski definition) is 5. The zero-order chi connectivity index (χ0) is 13.4. The Morgan fingerprint density at radius 3 is 2.84 bits per heavy atom. The standard InChI is InChI=1S/C13H20N6/c1-18(9-5-3-4-6-9)8-11-16-12(14)10-7-15-19(2)13(10)17-11/h7,9H,3-6,8H2,1-2H3,(H2,14,16,17). The van der Waals surface area contributed by atoms with Gasteiger partial charge in [-0.1, -0.05) is 12.8 Å². The molecule has 19 heavy (non-hydrogen) atoms. The first-order valence-electron chi connectivity index (χ1n) is 6.79. The molecule has 0 atom stereocenters. The van der Waals surface area contributed by atoms with Gasteiger partial charge in [0.05, 0.1) is 18.1 Å². The summed E-state index contributed by atoms with van der Waals surface area (Å²) < 4.78 is 1.74. The number of nitrogens with two attached hydrogens (primary N) is 1. The molecule has 1 saturated carbocycles. The molecule has 0 spiro atoms. The van der Waals surface area contributed by atoms with Gasteiger partial charge in [-0.15, -0.1) is 0 Å². The van der Waals surface area contributed by atoms with Crippen LogP contribution >= 0.6 is 0 Å². The van der Waals surface area contributed by atoms with E-state index in [-0.39, 0.29) is 0 Å². The van der Waals surface area contributed by atoms with E-state index in [1.165, 1.54) is 25.7 Å². The summed E-state index contributed by atoms with van der Waals surface area (Å²) in [5, 5.41) is 5.00. The SMILES string of the molecule is CN(Cc1nc(N)c2cnn(C)c2n1)C1CCCC1. The van der Waals surface area contributed by atoms with Gasteiger partial charge >= 0.3 is 0 Å². The summed E-state index contributed by atoms with van der Waals surface area (Å²) in [5.74, 6) is 1.30. The van der Waals surface area contributed by atoms with Gasteiger partial charge in [0.1, 0.15) is 11.6 Å². The van der Waals surface area contributed by atoms with Gasteiger partial charge in [-0.25, -0.2) is 9.97 Å². The maximum absolute atomic E-state index is 5.98. The number of hydrogen-bond donors (Lipinski definition) is 1. The van der Waals surface area contributed by atoms with Gasteiger partial charge < -0.3 is 5.73 Å². The summed E-state index contributed by atoms with van der Waals surface area (Å²) in [6.45, 7) is 0.746. The molecule has 0 radical (unpaired) electrons. The van der Waals surface area contributed by atoms with Gasteiger partial charge in [0.25, 0.3) is 0 Å². The quantitative estimate of drug-likeness (QED) is 0.901. The van der Waals surface area contributed by atoms with Crippen LogP contribution in [0.2, 0.25) is 0 Å². The van der Waals surface area contributed by atoms with Crippen LogP contribution in [0.25, 0.3) is 11.0 Å². The third-order valence-electron chi connectivity index (χ3n) is 4.01. The minimum atomic E-state index is 0.521. The number of nitrogens with zero attached hydrogens (tertiary/aromatic N) is 5. The number of anilines is 1. The topological polar surface area (TPSA) is 72.9 Å². The maximum atomic E-state index is 5.98. The van der Waals surface area contributed by atoms with Crippen LogP contribution in [0.4, 0.5) is 5.82 Å². The Balaban J connectivity index is 1.86. The molecule has 1 fully saturated rings. The Morgan fingerprint density at radius 1 is 1.37 bits per heavy atom. The molecular weight excluding hydrogens is 240 g/mol. The minimum absolute atomic E-state index is 0.521. The minimum Gasteiger partial charge on any atom is -0.383 e. The Labute approximate surface area is 112 Å². The summed E-state index contributed by atoms with van der Waals surface area (Å²) >= 11 is 0. The smallest absolute Gasteiger partial charge is 0.163 e. The molecular formula is C13H20N6. The molecule has 1 aliphatic carbocycles. The van der Waals surface area contributed by atoms with E-state index in [9.17, 15) is 0 Å². The molecule has 0 saturated heterocycles. The highest BCUT2D eigenvalue weighted by Crippen LogP contribution is 2.24. The molecule has 0 aliphatic heterocycles. The predicted octanol–water partition coefficient (Wildman–Crippen LogP) is 1.32. The first-order chi connectivity index (χ1) is 9.15. The molecule has 0 aromatic carbocycles. The van der Waals surface area contributed by atoms with E-state index in [1.54, 1.807) is 10.9 Å². The second-order valence-electron chi connectivity index (χ2n) is 5.38. The number of aromatic nitrogens is 4. The second-order valence-corrected chi connectivity index (χ2v) is 5.38. The summed E-state index contributed by atoms with van der Waals surface area (Å²) in [7, 11) is 4.02. The van der Waals surface area contributed by atoms with Crippen molar-refractivity contribution in [3.63, 3.8) is 0 Å². The third kappa shape index (κ3) is 2.28. The lowest BCUT2D eigenvalue weighted by Gasteiger charge is -2.23. The van der Waals surface area contributed by atoms with Crippen LogP contribution < -0.4 is 5.73 Å². The van der Waals surface area contributed by atoms with E-state index in [4.69, 9.17) is 5.73 Å².